The number of nitrogens with zero attached hydrogens (tertiary/aromatic N) is 6. The number of pyridine rings is 2. The molecule has 0 spiro atoms. The van der Waals surface area contributed by atoms with E-state index >= 15 is 4.39 Å². The number of hydrogen-bond acceptors (Lipinski definition) is 8. The Bertz CT molecular complexity index is 1700. The zero-order valence-corrected chi connectivity index (χ0v) is 21.1. The van der Waals surface area contributed by atoms with Gasteiger partial charge >= 0.3 is 0 Å². The Morgan fingerprint density at radius 3 is 2.71 bits per heavy atom. The zero-order valence-electron chi connectivity index (χ0n) is 21.1. The Morgan fingerprint density at radius 1 is 1.11 bits per heavy atom. The summed E-state index contributed by atoms with van der Waals surface area (Å²) in [5, 5.41) is 9.00. The van der Waals surface area contributed by atoms with E-state index < -0.39 is 5.82 Å². The minimum Gasteiger partial charge on any atom is -0.443 e. The van der Waals surface area contributed by atoms with Gasteiger partial charge in [0, 0.05) is 60.2 Å². The molecule has 1 aliphatic rings. The SMILES string of the molecule is Cc1cc(-c2ncco2)ncc1-c1cc2cc(Nc3cc4n(n3)CC(=O)N(C)CC4C)ncc2c(N)c1F. The predicted octanol–water partition coefficient (Wildman–Crippen LogP) is 4.50. The van der Waals surface area contributed by atoms with E-state index in [1.165, 1.54) is 6.26 Å². The van der Waals surface area contributed by atoms with Crippen molar-refractivity contribution >= 4 is 34.0 Å². The zero-order chi connectivity index (χ0) is 26.6. The van der Waals surface area contributed by atoms with E-state index in [1.54, 1.807) is 53.4 Å². The molecule has 1 atom stereocenters. The molecule has 1 aliphatic heterocycles. The molecule has 1 amide bonds. The second-order valence-electron chi connectivity index (χ2n) is 9.58. The first-order chi connectivity index (χ1) is 18.3. The maximum absolute atomic E-state index is 15.4. The highest BCUT2D eigenvalue weighted by Gasteiger charge is 2.25. The number of nitrogen functional groups attached to an aromatic ring is 1. The first kappa shape index (κ1) is 23.6. The topological polar surface area (TPSA) is 128 Å². The first-order valence-corrected chi connectivity index (χ1v) is 12.1. The lowest BCUT2D eigenvalue weighted by Crippen LogP contribution is -2.29. The van der Waals surface area contributed by atoms with Gasteiger partial charge < -0.3 is 20.4 Å². The van der Waals surface area contributed by atoms with Gasteiger partial charge in [-0.05, 0) is 36.1 Å². The number of oxazole rings is 1. The van der Waals surface area contributed by atoms with Crippen LogP contribution in [0.25, 0.3) is 33.5 Å². The number of nitrogens with one attached hydrogen (secondary N) is 1. The van der Waals surface area contributed by atoms with E-state index in [2.05, 4.69) is 32.3 Å². The monoisotopic (exact) mass is 512 g/mol. The standard InChI is InChI=1S/C27H25FN8O2/c1-14-6-20(27-30-4-5-38-27)31-10-18(14)17-7-16-8-22(32-11-19(16)26(29)25(17)28)33-23-9-21-15(2)12-35(3)24(37)13-36(21)34-23/h4-11,15H,12-13,29H2,1-3H3,(H,32,33,34). The van der Waals surface area contributed by atoms with Crippen molar-refractivity contribution in [1.29, 1.82) is 0 Å². The average molecular weight is 513 g/mol. The summed E-state index contributed by atoms with van der Waals surface area (Å²) in [5.74, 6) is 1.10. The van der Waals surface area contributed by atoms with Crippen molar-refractivity contribution in [3.8, 4) is 22.7 Å². The molecule has 0 bridgehead atoms. The van der Waals surface area contributed by atoms with Crippen LogP contribution in [0.2, 0.25) is 0 Å². The number of hydrogen-bond donors (Lipinski definition) is 2. The molecule has 0 saturated carbocycles. The summed E-state index contributed by atoms with van der Waals surface area (Å²) >= 11 is 0. The minimum absolute atomic E-state index is 0.0114. The summed E-state index contributed by atoms with van der Waals surface area (Å²) in [7, 11) is 1.80. The van der Waals surface area contributed by atoms with Gasteiger partial charge in [-0.25, -0.2) is 14.4 Å². The fraction of sp³-hybridized carbons (Fsp3) is 0.222. The number of benzene rings is 1. The van der Waals surface area contributed by atoms with Crippen LogP contribution in [-0.2, 0) is 11.3 Å². The van der Waals surface area contributed by atoms with E-state index in [1.807, 2.05) is 13.0 Å². The molecule has 0 aliphatic carbocycles. The highest BCUT2D eigenvalue weighted by molar-refractivity contribution is 5.98. The molecule has 6 rings (SSSR count). The van der Waals surface area contributed by atoms with Gasteiger partial charge in [0.1, 0.15) is 24.3 Å². The molecule has 1 aromatic carbocycles. The number of amides is 1. The van der Waals surface area contributed by atoms with Crippen molar-refractivity contribution in [2.75, 3.05) is 24.6 Å². The van der Waals surface area contributed by atoms with Gasteiger partial charge in [0.25, 0.3) is 0 Å². The summed E-state index contributed by atoms with van der Waals surface area (Å²) in [4.78, 5) is 27.0. The second-order valence-corrected chi connectivity index (χ2v) is 9.58. The molecule has 0 radical (unpaired) electrons. The van der Waals surface area contributed by atoms with Gasteiger partial charge in [-0.3, -0.25) is 14.5 Å². The van der Waals surface area contributed by atoms with Crippen LogP contribution in [0.5, 0.6) is 0 Å². The van der Waals surface area contributed by atoms with Crippen LogP contribution in [0, 0.1) is 12.7 Å². The van der Waals surface area contributed by atoms with Crippen LogP contribution in [0.4, 0.5) is 21.7 Å². The van der Waals surface area contributed by atoms with Crippen molar-refractivity contribution in [2.24, 2.45) is 0 Å². The number of anilines is 3. The Hall–Kier alpha value is -4.80. The number of likely N-dealkylation sites (N-methyl/N-ethyl adjacent to an activating group) is 1. The lowest BCUT2D eigenvalue weighted by Gasteiger charge is -2.16. The number of aryl methyl sites for hydroxylation is 1. The Morgan fingerprint density at radius 2 is 1.95 bits per heavy atom. The van der Waals surface area contributed by atoms with Crippen molar-refractivity contribution in [1.82, 2.24) is 29.6 Å². The third kappa shape index (κ3) is 4.01. The normalized spacial score (nSPS) is 15.5. The van der Waals surface area contributed by atoms with Crippen LogP contribution in [-0.4, -0.2) is 49.1 Å². The van der Waals surface area contributed by atoms with Gasteiger partial charge in [-0.15, -0.1) is 0 Å². The van der Waals surface area contributed by atoms with Crippen LogP contribution in [0.3, 0.4) is 0 Å². The lowest BCUT2D eigenvalue weighted by atomic mass is 9.97. The van der Waals surface area contributed by atoms with Gasteiger partial charge in [-0.2, -0.15) is 5.10 Å². The third-order valence-corrected chi connectivity index (χ3v) is 6.88. The van der Waals surface area contributed by atoms with Crippen molar-refractivity contribution in [3.63, 3.8) is 0 Å². The first-order valence-electron chi connectivity index (χ1n) is 12.1. The van der Waals surface area contributed by atoms with Crippen LogP contribution in [0.15, 0.2) is 53.5 Å². The average Bonchev–Trinajstić information content (AvgIpc) is 3.55. The summed E-state index contributed by atoms with van der Waals surface area (Å²) in [6.07, 6.45) is 6.15. The largest absolute Gasteiger partial charge is 0.443 e. The molecule has 10 nitrogen and oxygen atoms in total. The number of nitrogens with two attached hydrogens (primary N) is 1. The molecular weight excluding hydrogens is 487 g/mol. The number of halogens is 1. The number of fused-ring (bicyclic) bond motifs is 2. The summed E-state index contributed by atoms with van der Waals surface area (Å²) < 4.78 is 22.5. The second kappa shape index (κ2) is 8.94. The van der Waals surface area contributed by atoms with Gasteiger partial charge in [0.15, 0.2) is 11.6 Å². The molecule has 38 heavy (non-hydrogen) atoms. The van der Waals surface area contributed by atoms with Crippen LogP contribution >= 0.6 is 0 Å². The molecule has 11 heteroatoms. The van der Waals surface area contributed by atoms with E-state index in [0.717, 1.165) is 11.3 Å². The molecule has 0 fully saturated rings. The molecule has 192 valence electrons. The van der Waals surface area contributed by atoms with Crippen molar-refractivity contribution in [2.45, 2.75) is 26.3 Å². The van der Waals surface area contributed by atoms with Gasteiger partial charge in [-0.1, -0.05) is 6.92 Å². The molecule has 1 unspecified atom stereocenters. The quantitative estimate of drug-likeness (QED) is 0.337. The number of rotatable bonds is 4. The predicted molar refractivity (Wildman–Crippen MR) is 141 cm³/mol. The number of carbonyl (C=O) groups excluding carboxylic acids is 1. The number of aromatic nitrogens is 5. The van der Waals surface area contributed by atoms with E-state index in [0.29, 0.717) is 51.7 Å². The molecular formula is C27H25FN8O2. The molecule has 5 heterocycles. The van der Waals surface area contributed by atoms with E-state index in [9.17, 15) is 4.79 Å². The fourth-order valence-electron chi connectivity index (χ4n) is 4.87. The molecule has 0 saturated heterocycles. The minimum atomic E-state index is -0.532. The highest BCUT2D eigenvalue weighted by atomic mass is 19.1. The summed E-state index contributed by atoms with van der Waals surface area (Å²) in [6.45, 7) is 4.74. The molecule has 5 aromatic rings. The Balaban J connectivity index is 1.35. The maximum Gasteiger partial charge on any atom is 0.244 e. The van der Waals surface area contributed by atoms with Gasteiger partial charge in [0.2, 0.25) is 11.8 Å². The van der Waals surface area contributed by atoms with Gasteiger partial charge in [0.05, 0.1) is 11.9 Å². The highest BCUT2D eigenvalue weighted by Crippen LogP contribution is 2.36. The molecule has 3 N–H and O–H groups in total. The van der Waals surface area contributed by atoms with E-state index in [-0.39, 0.29) is 24.1 Å². The Kier molecular flexibility index (Phi) is 5.55. The number of carbonyl (C=O) groups is 1. The van der Waals surface area contributed by atoms with Crippen molar-refractivity contribution in [3.05, 3.63) is 66.2 Å². The summed E-state index contributed by atoms with van der Waals surface area (Å²) in [6, 6.07) is 7.26. The van der Waals surface area contributed by atoms with E-state index in [4.69, 9.17) is 10.2 Å². The van der Waals surface area contributed by atoms with Crippen LogP contribution in [0.1, 0.15) is 24.1 Å². The molecule has 4 aromatic heterocycles. The van der Waals surface area contributed by atoms with Crippen molar-refractivity contribution < 1.29 is 13.6 Å². The Labute approximate surface area is 217 Å². The van der Waals surface area contributed by atoms with Crippen LogP contribution < -0.4 is 11.1 Å². The maximum atomic E-state index is 15.4. The fourth-order valence-corrected chi connectivity index (χ4v) is 4.87. The smallest absolute Gasteiger partial charge is 0.244 e. The summed E-state index contributed by atoms with van der Waals surface area (Å²) in [5.41, 5.74) is 9.49. The third-order valence-electron chi connectivity index (χ3n) is 6.88. The lowest BCUT2D eigenvalue weighted by molar-refractivity contribution is -0.130.